The van der Waals surface area contributed by atoms with Crippen LogP contribution in [0.2, 0.25) is 10.0 Å². The van der Waals surface area contributed by atoms with Gasteiger partial charge in [-0.05, 0) is 264 Å². The third-order valence-corrected chi connectivity index (χ3v) is 28.2. The Labute approximate surface area is 830 Å². The molecule has 1 atom stereocenters. The number of nitrogens with one attached hydrogen (secondary N) is 8. The number of halogens is 2. The van der Waals surface area contributed by atoms with Crippen molar-refractivity contribution in [1.29, 1.82) is 0 Å². The smallest absolute Gasteiger partial charge is 0.227 e. The number of likely N-dealkylation sites (tertiary alicyclic amines) is 3. The molecule has 20 rings (SSSR count). The van der Waals surface area contributed by atoms with Crippen LogP contribution >= 0.6 is 72.1 Å². The first-order valence-electron chi connectivity index (χ1n) is 47.2. The number of benzene rings is 4. The number of piperidine rings is 3. The molecule has 0 saturated carbocycles. The lowest BCUT2D eigenvalue weighted by atomic mass is 9.71. The molecule has 0 aliphatic carbocycles. The Kier molecular flexibility index (Phi) is 31.0. The number of anilines is 12. The van der Waals surface area contributed by atoms with Crippen LogP contribution < -0.4 is 42.5 Å². The van der Waals surface area contributed by atoms with Crippen LogP contribution in [0.15, 0.2) is 153 Å². The molecule has 704 valence electrons. The van der Waals surface area contributed by atoms with Crippen molar-refractivity contribution in [3.63, 3.8) is 0 Å². The van der Waals surface area contributed by atoms with Gasteiger partial charge in [0.25, 0.3) is 0 Å². The van der Waals surface area contributed by atoms with E-state index in [9.17, 15) is 0 Å². The van der Waals surface area contributed by atoms with E-state index in [0.717, 1.165) is 247 Å². The molecule has 32 heteroatoms. The normalized spacial score (nSPS) is 17.1. The van der Waals surface area contributed by atoms with Gasteiger partial charge in [-0.3, -0.25) is 19.9 Å². The van der Waals surface area contributed by atoms with E-state index in [1.165, 1.54) is 78.6 Å². The Hall–Kier alpha value is -11.1. The summed E-state index contributed by atoms with van der Waals surface area (Å²) in [7, 11) is 8.76. The molecule has 0 radical (unpaired) electrons. The van der Waals surface area contributed by atoms with Crippen molar-refractivity contribution < 1.29 is 0 Å². The number of aromatic nitrogens is 12. The highest BCUT2D eigenvalue weighted by molar-refractivity contribution is 7.81. The van der Waals surface area contributed by atoms with Gasteiger partial charge >= 0.3 is 0 Å². The summed E-state index contributed by atoms with van der Waals surface area (Å²) in [6.45, 7) is 29.5. The van der Waals surface area contributed by atoms with Gasteiger partial charge in [0.2, 0.25) is 23.8 Å². The van der Waals surface area contributed by atoms with Crippen LogP contribution in [-0.2, 0) is 44.9 Å². The van der Waals surface area contributed by atoms with Crippen molar-refractivity contribution in [2.75, 3.05) is 156 Å². The van der Waals surface area contributed by atoms with E-state index in [0.29, 0.717) is 71.5 Å². The van der Waals surface area contributed by atoms with Crippen LogP contribution in [0.3, 0.4) is 0 Å². The number of piperazine rings is 1. The summed E-state index contributed by atoms with van der Waals surface area (Å²) < 4.78 is 0. The largest absolute Gasteiger partial charge is 0.349 e. The molecule has 1 unspecified atom stereocenters. The lowest BCUT2D eigenvalue weighted by Gasteiger charge is -2.43. The quantitative estimate of drug-likeness (QED) is 0.0350. The molecule has 8 aromatic heterocycles. The predicted octanol–water partition coefficient (Wildman–Crippen LogP) is 20.0. The highest BCUT2D eigenvalue weighted by atomic mass is 35.5. The van der Waals surface area contributed by atoms with Gasteiger partial charge in [-0.1, -0.05) is 117 Å². The zero-order chi connectivity index (χ0) is 94.8. The van der Waals surface area contributed by atoms with Crippen LogP contribution in [0.4, 0.5) is 69.3 Å². The number of hydrogen-bond donors (Lipinski definition) is 8. The molecule has 4 fully saturated rings. The van der Waals surface area contributed by atoms with Gasteiger partial charge in [0.05, 0.1) is 88.8 Å². The molecule has 8 aliphatic rings. The van der Waals surface area contributed by atoms with E-state index < -0.39 is 0 Å². The zero-order valence-corrected chi connectivity index (χ0v) is 84.2. The molecule has 12 aromatic rings. The van der Waals surface area contributed by atoms with Crippen molar-refractivity contribution in [3.05, 3.63) is 236 Å². The molecule has 8 N–H and O–H groups in total. The fourth-order valence-electron chi connectivity index (χ4n) is 19.1. The summed E-state index contributed by atoms with van der Waals surface area (Å²) >= 11 is 34.5. The first kappa shape index (κ1) is 96.6. The standard InChI is InChI=1S/C28H35N7S.C27H32N6S.C25H27ClN6S.C24H26ClN7S/c1-18-5-6-23-25(13-18)31-26(36)15-21-17-30-28(33-27(21)23)32-24-14-20(16-29-19(24)2)7-10-35-11-8-22(9-12-35)34(3)4;1-16-6-7-20-23(10-16)30-24(34)12-19-14-29-26(32-25(19)20)31-22-11-18(13-28-17(22)2)21-8-9-33(5)15-27(21,3)4;1-16-21(11-17(14-27-16)7-10-32-8-3-2-4-9-32)30-25-28-15-18-12-23(33)29-22-13-19(26)5-6-20(22)24(18)31-25;1-31-6-8-32(9-7-31)5-4-16-10-19(15-26-13-16)28-24-27-14-17-11-22(33)29-21-12-18(25)2-3-20(21)23(17)30-24/h5-6,13-14,16-17,22H,7-12,15H2,1-4H3,(H,31,36)(H,30,32,33);6-7,10-11,13-14,21H,8-9,12,15H2,1-5H3,(H,30,34)(H,29,31,32);5-6,11,13-15H,2-4,7-10,12H2,1H3,(H,29,33)(H,28,30,31);2-3,10,12-15H,4-9,11H2,1H3,(H,29,33)(H,27,28,30). The summed E-state index contributed by atoms with van der Waals surface area (Å²) in [6, 6.07) is 33.5. The second-order valence-corrected chi connectivity index (χ2v) is 40.8. The topological polar surface area (TPSA) is 270 Å². The average Bonchev–Trinajstić information content (AvgIpc) is 1.59. The lowest BCUT2D eigenvalue weighted by molar-refractivity contribution is 0.114. The van der Waals surface area contributed by atoms with E-state index in [4.69, 9.17) is 97.0 Å². The van der Waals surface area contributed by atoms with Gasteiger partial charge in [0.1, 0.15) is 0 Å². The maximum absolute atomic E-state index is 6.21. The second kappa shape index (κ2) is 43.7. The minimum absolute atomic E-state index is 0.190. The Bertz CT molecular complexity index is 6430. The van der Waals surface area contributed by atoms with Crippen LogP contribution in [0, 0.1) is 40.0 Å². The highest BCUT2D eigenvalue weighted by Crippen LogP contribution is 2.45. The van der Waals surface area contributed by atoms with Crippen molar-refractivity contribution in [1.82, 2.24) is 89.2 Å². The fraction of sp³-hybridized carbons (Fsp3) is 0.385. The average molecular weight is 1930 g/mol. The van der Waals surface area contributed by atoms with Crippen molar-refractivity contribution in [2.24, 2.45) is 5.41 Å². The van der Waals surface area contributed by atoms with Crippen LogP contribution in [-0.4, -0.2) is 228 Å². The number of hydrogen-bond acceptors (Lipinski definition) is 26. The van der Waals surface area contributed by atoms with E-state index in [1.807, 2.05) is 107 Å². The molecule has 0 bridgehead atoms. The zero-order valence-electron chi connectivity index (χ0n) is 79.4. The van der Waals surface area contributed by atoms with Gasteiger partial charge in [0, 0.05) is 211 Å². The molecule has 136 heavy (non-hydrogen) atoms. The first-order valence-corrected chi connectivity index (χ1v) is 49.6. The first-order chi connectivity index (χ1) is 65.6. The fourth-order valence-corrected chi connectivity index (χ4v) is 20.5. The van der Waals surface area contributed by atoms with Crippen molar-refractivity contribution >= 4 is 161 Å². The van der Waals surface area contributed by atoms with E-state index >= 15 is 0 Å². The molecule has 4 saturated heterocycles. The Morgan fingerprint density at radius 1 is 0.397 bits per heavy atom. The summed E-state index contributed by atoms with van der Waals surface area (Å²) in [4.78, 5) is 74.1. The third kappa shape index (κ3) is 24.5. The monoisotopic (exact) mass is 1930 g/mol. The second-order valence-electron chi connectivity index (χ2n) is 38.0. The maximum atomic E-state index is 6.21. The van der Waals surface area contributed by atoms with Crippen LogP contribution in [0.5, 0.6) is 0 Å². The number of aryl methyl sites for hydroxylation is 5. The SMILES string of the molecule is CN1CCN(CCc2cncc(Nc3ncc4c(n3)-c3ccc(Cl)cc3NC(=S)C4)c2)CC1.Cc1ccc2c(c1)NC(=S)Cc1cnc(Nc3cc(C4CCN(C)CC4(C)C)cnc3C)nc1-2.Cc1ccc2c(c1)NC(=S)Cc1cnc(Nc3cc(CCN4CCC(N(C)C)CC4)cnc3C)nc1-2.Cc1ncc(CCN2CCCCC2)cc1Nc1ncc2c(n1)-c1ccc(Cl)cc1NC(=S)C2. The highest BCUT2D eigenvalue weighted by Gasteiger charge is 2.37. The molecule has 0 spiro atoms. The molecule has 16 heterocycles. The molecule has 26 nitrogen and oxygen atoms in total. The molecular formula is C104H120Cl2N26S4. The Balaban J connectivity index is 0.000000126. The predicted molar refractivity (Wildman–Crippen MR) is 570 cm³/mol. The van der Waals surface area contributed by atoms with Crippen LogP contribution in [0.25, 0.3) is 45.0 Å². The van der Waals surface area contributed by atoms with Gasteiger partial charge in [-0.25, -0.2) is 39.9 Å². The summed E-state index contributed by atoms with van der Waals surface area (Å²) in [5.74, 6) is 2.68. The number of rotatable bonds is 19. The Morgan fingerprint density at radius 3 is 1.22 bits per heavy atom. The van der Waals surface area contributed by atoms with E-state index in [-0.39, 0.29) is 5.41 Å². The van der Waals surface area contributed by atoms with Gasteiger partial charge < -0.3 is 71.9 Å². The summed E-state index contributed by atoms with van der Waals surface area (Å²) in [5.41, 5.74) is 29.3. The third-order valence-electron chi connectivity index (χ3n) is 26.8. The van der Waals surface area contributed by atoms with Gasteiger partial charge in [-0.15, -0.1) is 0 Å². The Morgan fingerprint density at radius 2 is 0.787 bits per heavy atom. The molecule has 8 aliphatic heterocycles. The minimum atomic E-state index is 0.190. The number of pyridine rings is 4. The lowest BCUT2D eigenvalue weighted by Crippen LogP contribution is -2.45. The van der Waals surface area contributed by atoms with Crippen LogP contribution in [0.1, 0.15) is 131 Å². The molecule has 0 amide bonds. The van der Waals surface area contributed by atoms with Crippen molar-refractivity contribution in [2.45, 2.75) is 144 Å². The summed E-state index contributed by atoms with van der Waals surface area (Å²) in [6.07, 6.45) is 30.2. The molecular weight excluding hydrogens is 1810 g/mol. The summed E-state index contributed by atoms with van der Waals surface area (Å²) in [5, 5.41) is 28.2. The molecule has 4 aromatic carbocycles. The van der Waals surface area contributed by atoms with Gasteiger partial charge in [0.15, 0.2) is 0 Å². The number of likely N-dealkylation sites (N-methyl/N-ethyl adjacent to an activating group) is 1. The number of nitrogens with zero attached hydrogens (tertiary/aromatic N) is 18. The van der Waals surface area contributed by atoms with E-state index in [1.54, 1.807) is 6.20 Å². The maximum Gasteiger partial charge on any atom is 0.227 e. The minimum Gasteiger partial charge on any atom is -0.349 e. The van der Waals surface area contributed by atoms with E-state index in [2.05, 4.69) is 223 Å². The van der Waals surface area contributed by atoms with Gasteiger partial charge in [-0.2, -0.15) is 0 Å². The number of fused-ring (bicyclic) bond motifs is 12. The van der Waals surface area contributed by atoms with Crippen molar-refractivity contribution in [3.8, 4) is 45.0 Å². The number of thiocarbonyl (C=S) groups is 4.